The van der Waals surface area contributed by atoms with Crippen molar-refractivity contribution in [2.24, 2.45) is 0 Å². The van der Waals surface area contributed by atoms with E-state index in [1.54, 1.807) is 30.3 Å². The number of para-hydroxylation sites is 1. The summed E-state index contributed by atoms with van der Waals surface area (Å²) in [5.74, 6) is -0.410. The van der Waals surface area contributed by atoms with E-state index in [1.807, 2.05) is 49.4 Å². The largest absolute Gasteiger partial charge is 0.313 e. The Kier molecular flexibility index (Phi) is 4.29. The molecule has 3 aromatic carbocycles. The Morgan fingerprint density at radius 2 is 1.23 bits per heavy atom. The van der Waals surface area contributed by atoms with E-state index >= 15 is 0 Å². The van der Waals surface area contributed by atoms with Crippen molar-refractivity contribution in [3.8, 4) is 16.9 Å². The molecule has 0 atom stereocenters. The molecule has 3 heteroatoms. The van der Waals surface area contributed by atoms with E-state index < -0.39 is 0 Å². The minimum atomic E-state index is -0.205. The van der Waals surface area contributed by atoms with Gasteiger partial charge in [-0.05, 0) is 42.3 Å². The maximum Gasteiger partial charge on any atom is 0.197 e. The van der Waals surface area contributed by atoms with Crippen LogP contribution in [0.5, 0.6) is 0 Å². The zero-order valence-corrected chi connectivity index (χ0v) is 16.5. The van der Waals surface area contributed by atoms with Gasteiger partial charge in [-0.2, -0.15) is 0 Å². The third kappa shape index (κ3) is 2.83. The monoisotopic (exact) mass is 389 g/mol. The summed E-state index contributed by atoms with van der Waals surface area (Å²) in [4.78, 5) is 25.7. The second kappa shape index (κ2) is 7.12. The fourth-order valence-electron chi connectivity index (χ4n) is 4.06. The summed E-state index contributed by atoms with van der Waals surface area (Å²) in [6.45, 7) is 2.02. The summed E-state index contributed by atoms with van der Waals surface area (Å²) in [5.41, 5.74) is 6.15. The highest BCUT2D eigenvalue weighted by Gasteiger charge is 2.32. The Morgan fingerprint density at radius 3 is 1.83 bits per heavy atom. The molecule has 3 nitrogen and oxygen atoms in total. The maximum atomic E-state index is 12.9. The van der Waals surface area contributed by atoms with Crippen LogP contribution in [0.2, 0.25) is 0 Å². The van der Waals surface area contributed by atoms with E-state index in [-0.39, 0.29) is 17.1 Å². The first-order chi connectivity index (χ1) is 14.6. The van der Waals surface area contributed by atoms with Crippen molar-refractivity contribution in [1.82, 2.24) is 4.57 Å². The zero-order chi connectivity index (χ0) is 20.7. The van der Waals surface area contributed by atoms with Crippen LogP contribution in [0.3, 0.4) is 0 Å². The number of carbonyl (C=O) groups excluding carboxylic acids is 2. The smallest absolute Gasteiger partial charge is 0.197 e. The molecule has 0 saturated carbocycles. The van der Waals surface area contributed by atoms with Crippen molar-refractivity contribution >= 4 is 17.6 Å². The van der Waals surface area contributed by atoms with Crippen molar-refractivity contribution < 1.29 is 9.59 Å². The summed E-state index contributed by atoms with van der Waals surface area (Å²) in [7, 11) is 0. The summed E-state index contributed by atoms with van der Waals surface area (Å²) in [5, 5.41) is 0. The van der Waals surface area contributed by atoms with Crippen molar-refractivity contribution in [2.45, 2.75) is 6.92 Å². The molecule has 0 bridgehead atoms. The van der Waals surface area contributed by atoms with Gasteiger partial charge in [0.05, 0.1) is 11.3 Å². The minimum absolute atomic E-state index is 0.205. The predicted octanol–water partition coefficient (Wildman–Crippen LogP) is 5.92. The van der Waals surface area contributed by atoms with Gasteiger partial charge >= 0.3 is 0 Å². The molecule has 0 fully saturated rings. The van der Waals surface area contributed by atoms with Crippen molar-refractivity contribution in [3.63, 3.8) is 0 Å². The van der Waals surface area contributed by atoms with Crippen molar-refractivity contribution in [3.05, 3.63) is 119 Å². The topological polar surface area (TPSA) is 39.1 Å². The molecule has 1 aliphatic rings. The number of ketones is 2. The molecule has 1 aromatic heterocycles. The third-order valence-corrected chi connectivity index (χ3v) is 5.58. The standard InChI is InChI=1S/C27H19NO2/c1-18-20(16-24-26(29)22-14-8-9-15-23(22)27(24)30)17-25(19-10-4-2-5-11-19)28(18)21-12-6-3-7-13-21/h2-17H,1H3. The van der Waals surface area contributed by atoms with Crippen LogP contribution in [0, 0.1) is 6.92 Å². The number of hydrogen-bond donors (Lipinski definition) is 0. The van der Waals surface area contributed by atoms with Crippen LogP contribution in [0.25, 0.3) is 23.0 Å². The second-order valence-corrected chi connectivity index (χ2v) is 7.37. The van der Waals surface area contributed by atoms with E-state index in [0.29, 0.717) is 11.1 Å². The Morgan fingerprint density at radius 1 is 0.700 bits per heavy atom. The SMILES string of the molecule is Cc1c(C=C2C(=O)c3ccccc3C2=O)cc(-c2ccccc2)n1-c1ccccc1. The van der Waals surface area contributed by atoms with Gasteiger partial charge in [0.15, 0.2) is 11.6 Å². The fourth-order valence-corrected chi connectivity index (χ4v) is 4.06. The summed E-state index contributed by atoms with van der Waals surface area (Å²) in [6, 6.07) is 29.3. The lowest BCUT2D eigenvalue weighted by Crippen LogP contribution is -2.01. The molecule has 144 valence electrons. The quantitative estimate of drug-likeness (QED) is 0.322. The number of nitrogens with zero attached hydrogens (tertiary/aromatic N) is 1. The first kappa shape index (κ1) is 18.1. The normalized spacial score (nSPS) is 12.9. The van der Waals surface area contributed by atoms with Crippen LogP contribution in [0.4, 0.5) is 0 Å². The summed E-state index contributed by atoms with van der Waals surface area (Å²) < 4.78 is 2.17. The van der Waals surface area contributed by atoms with Crippen LogP contribution in [-0.2, 0) is 0 Å². The summed E-state index contributed by atoms with van der Waals surface area (Å²) >= 11 is 0. The number of aromatic nitrogens is 1. The lowest BCUT2D eigenvalue weighted by Gasteiger charge is -2.12. The Balaban J connectivity index is 1.70. The molecule has 5 rings (SSSR count). The molecule has 1 aliphatic carbocycles. The molecule has 0 saturated heterocycles. The van der Waals surface area contributed by atoms with Crippen molar-refractivity contribution in [2.75, 3.05) is 0 Å². The van der Waals surface area contributed by atoms with Gasteiger partial charge in [0.25, 0.3) is 0 Å². The molecule has 0 amide bonds. The van der Waals surface area contributed by atoms with Gasteiger partial charge in [-0.15, -0.1) is 0 Å². The van der Waals surface area contributed by atoms with Gasteiger partial charge in [-0.1, -0.05) is 72.8 Å². The first-order valence-corrected chi connectivity index (χ1v) is 9.88. The molecule has 0 aliphatic heterocycles. The minimum Gasteiger partial charge on any atom is -0.313 e. The van der Waals surface area contributed by atoms with Gasteiger partial charge in [0.2, 0.25) is 0 Å². The fraction of sp³-hybridized carbons (Fsp3) is 0.0370. The molecule has 0 radical (unpaired) electrons. The molecule has 1 heterocycles. The van der Waals surface area contributed by atoms with Crippen LogP contribution in [0.15, 0.2) is 96.6 Å². The van der Waals surface area contributed by atoms with Crippen molar-refractivity contribution in [1.29, 1.82) is 0 Å². The molecule has 0 N–H and O–H groups in total. The highest BCUT2D eigenvalue weighted by atomic mass is 16.2. The number of carbonyl (C=O) groups is 2. The molecular formula is C27H19NO2. The van der Waals surface area contributed by atoms with Crippen LogP contribution in [0.1, 0.15) is 32.0 Å². The van der Waals surface area contributed by atoms with Gasteiger partial charge in [0.1, 0.15) is 0 Å². The predicted molar refractivity (Wildman–Crippen MR) is 119 cm³/mol. The molecule has 4 aromatic rings. The van der Waals surface area contributed by atoms with Crippen LogP contribution >= 0.6 is 0 Å². The van der Waals surface area contributed by atoms with Gasteiger partial charge in [-0.3, -0.25) is 9.59 Å². The maximum absolute atomic E-state index is 12.9. The van der Waals surface area contributed by atoms with E-state index in [2.05, 4.69) is 28.8 Å². The van der Waals surface area contributed by atoms with Gasteiger partial charge in [-0.25, -0.2) is 0 Å². The van der Waals surface area contributed by atoms with E-state index in [1.165, 1.54) is 0 Å². The lowest BCUT2D eigenvalue weighted by molar-refractivity contribution is 0.0990. The molecule has 30 heavy (non-hydrogen) atoms. The molecule has 0 spiro atoms. The average Bonchev–Trinajstić information content (AvgIpc) is 3.25. The Hall–Kier alpha value is -3.98. The van der Waals surface area contributed by atoms with Crippen LogP contribution in [-0.4, -0.2) is 16.1 Å². The second-order valence-electron chi connectivity index (χ2n) is 7.37. The van der Waals surface area contributed by atoms with E-state index in [9.17, 15) is 9.59 Å². The Labute approximate surface area is 174 Å². The number of benzene rings is 3. The average molecular weight is 389 g/mol. The third-order valence-electron chi connectivity index (χ3n) is 5.58. The van der Waals surface area contributed by atoms with E-state index in [0.717, 1.165) is 28.2 Å². The number of Topliss-reactive ketones (excluding diaryl/α,β-unsaturated/α-hetero) is 2. The number of fused-ring (bicyclic) bond motifs is 1. The van der Waals surface area contributed by atoms with E-state index in [4.69, 9.17) is 0 Å². The first-order valence-electron chi connectivity index (χ1n) is 9.88. The molecular weight excluding hydrogens is 370 g/mol. The number of rotatable bonds is 3. The van der Waals surface area contributed by atoms with Crippen LogP contribution < -0.4 is 0 Å². The highest BCUT2D eigenvalue weighted by Crippen LogP contribution is 2.33. The highest BCUT2D eigenvalue weighted by molar-refractivity contribution is 6.41. The zero-order valence-electron chi connectivity index (χ0n) is 16.5. The number of allylic oxidation sites excluding steroid dienone is 1. The van der Waals surface area contributed by atoms with Gasteiger partial charge in [0, 0.05) is 22.5 Å². The Bertz CT molecular complexity index is 1270. The van der Waals surface area contributed by atoms with Gasteiger partial charge < -0.3 is 4.57 Å². The number of hydrogen-bond acceptors (Lipinski definition) is 2. The summed E-state index contributed by atoms with van der Waals surface area (Å²) in [6.07, 6.45) is 1.74. The molecule has 0 unspecified atom stereocenters. The lowest BCUT2D eigenvalue weighted by atomic mass is 10.1.